The minimum atomic E-state index is -0.427. The summed E-state index contributed by atoms with van der Waals surface area (Å²) in [6.07, 6.45) is 2.25. The molecule has 0 atom stereocenters. The third-order valence-corrected chi connectivity index (χ3v) is 5.44. The lowest BCUT2D eigenvalue weighted by atomic mass is 10.1. The van der Waals surface area contributed by atoms with E-state index in [0.29, 0.717) is 10.6 Å². The summed E-state index contributed by atoms with van der Waals surface area (Å²) < 4.78 is 12.5. The second-order valence-corrected chi connectivity index (χ2v) is 7.12. The third kappa shape index (κ3) is 2.93. The van der Waals surface area contributed by atoms with E-state index in [2.05, 4.69) is 0 Å². The van der Waals surface area contributed by atoms with Crippen LogP contribution in [0.1, 0.15) is 42.1 Å². The van der Waals surface area contributed by atoms with Gasteiger partial charge in [-0.2, -0.15) is 0 Å². The standard InChI is InChI=1S/C21H17NO5S/c1-3-17(23)26-15-8-7-12(10-16(15)27-18(24)4-2)13-11-28-21-19(13)22-9-5-6-14(22)20(21)25/h5-11H,3-4H2,1-2H3. The first-order chi connectivity index (χ1) is 13.5. The predicted molar refractivity (Wildman–Crippen MR) is 104 cm³/mol. The number of aromatic nitrogens is 1. The molecule has 1 aliphatic heterocycles. The summed E-state index contributed by atoms with van der Waals surface area (Å²) >= 11 is 1.38. The smallest absolute Gasteiger partial charge is 0.311 e. The Bertz CT molecular complexity index is 1110. The summed E-state index contributed by atoms with van der Waals surface area (Å²) in [6, 6.07) is 8.69. The molecule has 1 aliphatic rings. The second-order valence-electron chi connectivity index (χ2n) is 6.24. The molecule has 3 heterocycles. The van der Waals surface area contributed by atoms with Crippen molar-refractivity contribution in [2.45, 2.75) is 26.7 Å². The molecule has 4 rings (SSSR count). The van der Waals surface area contributed by atoms with E-state index in [0.717, 1.165) is 16.8 Å². The van der Waals surface area contributed by atoms with Gasteiger partial charge in [0.1, 0.15) is 4.88 Å². The normalized spacial score (nSPS) is 11.9. The number of hydrogen-bond donors (Lipinski definition) is 0. The van der Waals surface area contributed by atoms with Gasteiger partial charge in [0.2, 0.25) is 5.78 Å². The van der Waals surface area contributed by atoms with Crippen molar-refractivity contribution in [1.82, 2.24) is 4.57 Å². The Morgan fingerprint density at radius 3 is 2.46 bits per heavy atom. The average Bonchev–Trinajstić information content (AvgIpc) is 3.39. The number of benzene rings is 1. The fourth-order valence-electron chi connectivity index (χ4n) is 3.06. The number of hydrogen-bond acceptors (Lipinski definition) is 6. The molecule has 0 amide bonds. The summed E-state index contributed by atoms with van der Waals surface area (Å²) in [7, 11) is 0. The van der Waals surface area contributed by atoms with Crippen LogP contribution in [0.5, 0.6) is 11.5 Å². The molecule has 0 N–H and O–H groups in total. The Morgan fingerprint density at radius 2 is 1.75 bits per heavy atom. The number of ether oxygens (including phenoxy) is 2. The number of thiophene rings is 1. The molecule has 0 fully saturated rings. The van der Waals surface area contributed by atoms with Crippen molar-refractivity contribution in [2.75, 3.05) is 0 Å². The zero-order valence-electron chi connectivity index (χ0n) is 15.4. The number of fused-ring (bicyclic) bond motifs is 3. The van der Waals surface area contributed by atoms with Gasteiger partial charge in [-0.25, -0.2) is 0 Å². The average molecular weight is 395 g/mol. The lowest BCUT2D eigenvalue weighted by molar-refractivity contribution is -0.136. The lowest BCUT2D eigenvalue weighted by Crippen LogP contribution is -2.10. The highest BCUT2D eigenvalue weighted by atomic mass is 32.1. The quantitative estimate of drug-likeness (QED) is 0.370. The van der Waals surface area contributed by atoms with Crippen molar-refractivity contribution in [1.29, 1.82) is 0 Å². The van der Waals surface area contributed by atoms with Crippen molar-refractivity contribution in [2.24, 2.45) is 0 Å². The van der Waals surface area contributed by atoms with Crippen LogP contribution in [0.25, 0.3) is 16.8 Å². The van der Waals surface area contributed by atoms with Crippen molar-refractivity contribution in [3.63, 3.8) is 0 Å². The second kappa shape index (κ2) is 7.09. The van der Waals surface area contributed by atoms with Crippen LogP contribution in [0.2, 0.25) is 0 Å². The van der Waals surface area contributed by atoms with Crippen LogP contribution in [0, 0.1) is 0 Å². The highest BCUT2D eigenvalue weighted by molar-refractivity contribution is 7.13. The Balaban J connectivity index is 1.79. The van der Waals surface area contributed by atoms with E-state index >= 15 is 0 Å². The number of ketones is 1. The summed E-state index contributed by atoms with van der Waals surface area (Å²) in [4.78, 5) is 36.7. The number of nitrogens with zero attached hydrogens (tertiary/aromatic N) is 1. The first kappa shape index (κ1) is 18.2. The molecular formula is C21H17NO5S. The zero-order chi connectivity index (χ0) is 19.8. The molecule has 0 radical (unpaired) electrons. The number of carbonyl (C=O) groups is 3. The fraction of sp³-hybridized carbons (Fsp3) is 0.190. The van der Waals surface area contributed by atoms with Crippen LogP contribution in [0.15, 0.2) is 41.9 Å². The summed E-state index contributed by atoms with van der Waals surface area (Å²) in [5, 5.41) is 1.91. The van der Waals surface area contributed by atoms with E-state index in [-0.39, 0.29) is 30.1 Å². The Labute approximate surface area is 165 Å². The van der Waals surface area contributed by atoms with Crippen molar-refractivity contribution < 1.29 is 23.9 Å². The molecular weight excluding hydrogens is 378 g/mol. The maximum Gasteiger partial charge on any atom is 0.311 e. The molecule has 28 heavy (non-hydrogen) atoms. The monoisotopic (exact) mass is 395 g/mol. The summed E-state index contributed by atoms with van der Waals surface area (Å²) in [6.45, 7) is 3.38. The molecule has 0 spiro atoms. The topological polar surface area (TPSA) is 74.6 Å². The molecule has 3 aromatic rings. The van der Waals surface area contributed by atoms with Crippen molar-refractivity contribution in [3.05, 3.63) is 52.5 Å². The van der Waals surface area contributed by atoms with E-state index in [1.54, 1.807) is 38.1 Å². The fourth-order valence-corrected chi connectivity index (χ4v) is 4.08. The molecule has 142 valence electrons. The largest absolute Gasteiger partial charge is 0.423 e. The minimum Gasteiger partial charge on any atom is -0.423 e. The number of rotatable bonds is 5. The molecule has 0 saturated heterocycles. The highest BCUT2D eigenvalue weighted by Gasteiger charge is 2.31. The molecule has 0 unspecified atom stereocenters. The van der Waals surface area contributed by atoms with Gasteiger partial charge < -0.3 is 14.0 Å². The van der Waals surface area contributed by atoms with Gasteiger partial charge in [0.15, 0.2) is 11.5 Å². The van der Waals surface area contributed by atoms with Crippen molar-refractivity contribution >= 4 is 29.1 Å². The van der Waals surface area contributed by atoms with Gasteiger partial charge in [-0.1, -0.05) is 19.9 Å². The molecule has 0 bridgehead atoms. The van der Waals surface area contributed by atoms with E-state index in [4.69, 9.17) is 9.47 Å². The van der Waals surface area contributed by atoms with Crippen LogP contribution in [-0.4, -0.2) is 22.3 Å². The van der Waals surface area contributed by atoms with Gasteiger partial charge in [-0.15, -0.1) is 11.3 Å². The summed E-state index contributed by atoms with van der Waals surface area (Å²) in [5.74, 6) is -0.461. The SMILES string of the molecule is CCC(=O)Oc1ccc(-c2csc3c2-n2cccc2C3=O)cc1OC(=O)CC. The number of carbonyl (C=O) groups excluding carboxylic acids is 3. The highest BCUT2D eigenvalue weighted by Crippen LogP contribution is 2.43. The van der Waals surface area contributed by atoms with Crippen molar-refractivity contribution in [3.8, 4) is 28.3 Å². The molecule has 6 nitrogen and oxygen atoms in total. The first-order valence-corrected chi connectivity index (χ1v) is 9.81. The molecule has 1 aromatic carbocycles. The van der Waals surface area contributed by atoms with Gasteiger partial charge in [-0.3, -0.25) is 14.4 Å². The van der Waals surface area contributed by atoms with E-state index < -0.39 is 11.9 Å². The van der Waals surface area contributed by atoms with E-state index in [9.17, 15) is 14.4 Å². The molecule has 7 heteroatoms. The first-order valence-electron chi connectivity index (χ1n) is 8.93. The minimum absolute atomic E-state index is 0.00220. The van der Waals surface area contributed by atoms with Crippen LogP contribution >= 0.6 is 11.3 Å². The third-order valence-electron chi connectivity index (χ3n) is 4.47. The zero-order valence-corrected chi connectivity index (χ0v) is 16.2. The Morgan fingerprint density at radius 1 is 1.04 bits per heavy atom. The maximum absolute atomic E-state index is 12.5. The van der Waals surface area contributed by atoms with Crippen LogP contribution < -0.4 is 9.47 Å². The van der Waals surface area contributed by atoms with E-state index in [1.807, 2.05) is 22.2 Å². The maximum atomic E-state index is 12.5. The molecule has 0 aliphatic carbocycles. The lowest BCUT2D eigenvalue weighted by Gasteiger charge is -2.12. The predicted octanol–water partition coefficient (Wildman–Crippen LogP) is 4.38. The molecule has 0 saturated carbocycles. The van der Waals surface area contributed by atoms with Crippen LogP contribution in [0.4, 0.5) is 0 Å². The molecule has 2 aromatic heterocycles. The van der Waals surface area contributed by atoms with Crippen LogP contribution in [0.3, 0.4) is 0 Å². The Hall–Kier alpha value is -3.19. The summed E-state index contributed by atoms with van der Waals surface area (Å²) in [5.41, 5.74) is 3.07. The van der Waals surface area contributed by atoms with Gasteiger partial charge in [0.05, 0.1) is 11.4 Å². The van der Waals surface area contributed by atoms with Crippen LogP contribution in [-0.2, 0) is 9.59 Å². The van der Waals surface area contributed by atoms with Gasteiger partial charge in [-0.05, 0) is 29.8 Å². The number of esters is 2. The van der Waals surface area contributed by atoms with Gasteiger partial charge in [0, 0.05) is 30.0 Å². The van der Waals surface area contributed by atoms with Gasteiger partial charge in [0.25, 0.3) is 0 Å². The van der Waals surface area contributed by atoms with Gasteiger partial charge >= 0.3 is 11.9 Å². The Kier molecular flexibility index (Phi) is 4.60. The van der Waals surface area contributed by atoms with E-state index in [1.165, 1.54) is 11.3 Å².